The molecule has 0 saturated heterocycles. The number of nitrogens with two attached hydrogens (primary N) is 2. The third kappa shape index (κ3) is 8.60. The lowest BCUT2D eigenvalue weighted by molar-refractivity contribution is -0.142. The Labute approximate surface area is 220 Å². The summed E-state index contributed by atoms with van der Waals surface area (Å²) in [6.45, 7) is 7.07. The fourth-order valence-electron chi connectivity index (χ4n) is 3.42. The van der Waals surface area contributed by atoms with Gasteiger partial charge in [-0.15, -0.1) is 23.5 Å². The van der Waals surface area contributed by atoms with Crippen LogP contribution in [0.25, 0.3) is 0 Å². The monoisotopic (exact) mass is 530 g/mol. The van der Waals surface area contributed by atoms with Gasteiger partial charge in [0.1, 0.15) is 12.1 Å². The van der Waals surface area contributed by atoms with Gasteiger partial charge in [-0.1, -0.05) is 60.7 Å². The maximum absolute atomic E-state index is 12.7. The Kier molecular flexibility index (Phi) is 10.4. The highest BCUT2D eigenvalue weighted by Crippen LogP contribution is 2.32. The van der Waals surface area contributed by atoms with Crippen LogP contribution in [0.4, 0.5) is 0 Å². The van der Waals surface area contributed by atoms with Gasteiger partial charge in [0.2, 0.25) is 11.8 Å². The number of thioether (sulfide) groups is 2. The van der Waals surface area contributed by atoms with Crippen LogP contribution in [-0.4, -0.2) is 45.2 Å². The molecule has 2 rings (SSSR count). The molecule has 2 unspecified atom stereocenters. The normalized spacial score (nSPS) is 13.3. The van der Waals surface area contributed by atoms with Gasteiger partial charge < -0.3 is 22.1 Å². The van der Waals surface area contributed by atoms with Gasteiger partial charge in [0.15, 0.2) is 0 Å². The molecule has 6 N–H and O–H groups in total. The molecule has 0 aromatic heterocycles. The van der Waals surface area contributed by atoms with Crippen molar-refractivity contribution >= 4 is 47.2 Å². The van der Waals surface area contributed by atoms with Gasteiger partial charge in [-0.2, -0.15) is 0 Å². The molecule has 0 aliphatic carbocycles. The first-order chi connectivity index (χ1) is 16.8. The van der Waals surface area contributed by atoms with Crippen molar-refractivity contribution in [3.8, 4) is 0 Å². The van der Waals surface area contributed by atoms with Crippen molar-refractivity contribution < 1.29 is 19.2 Å². The van der Waals surface area contributed by atoms with Crippen molar-refractivity contribution in [1.82, 2.24) is 10.6 Å². The molecule has 2 atom stereocenters. The van der Waals surface area contributed by atoms with E-state index in [4.69, 9.17) is 11.5 Å². The third-order valence-electron chi connectivity index (χ3n) is 5.62. The van der Waals surface area contributed by atoms with Crippen molar-refractivity contribution in [2.45, 2.75) is 60.8 Å². The van der Waals surface area contributed by atoms with Crippen molar-refractivity contribution in [2.24, 2.45) is 11.5 Å². The van der Waals surface area contributed by atoms with E-state index in [1.165, 1.54) is 23.5 Å². The third-order valence-corrected chi connectivity index (χ3v) is 8.54. The smallest absolute Gasteiger partial charge is 0.310 e. The Morgan fingerprint density at radius 3 is 1.25 bits per heavy atom. The number of benzene rings is 2. The minimum absolute atomic E-state index is 0.580. The molecule has 0 heterocycles. The van der Waals surface area contributed by atoms with E-state index < -0.39 is 45.2 Å². The van der Waals surface area contributed by atoms with Crippen molar-refractivity contribution in [3.63, 3.8) is 0 Å². The molecule has 4 amide bonds. The van der Waals surface area contributed by atoms with E-state index in [1.807, 2.05) is 60.7 Å². The van der Waals surface area contributed by atoms with Crippen LogP contribution in [0, 0.1) is 0 Å². The first-order valence-corrected chi connectivity index (χ1v) is 13.4. The molecular formula is C26H34N4O4S2. The largest absolute Gasteiger partial charge is 0.368 e. The molecule has 0 fully saturated rings. The topological polar surface area (TPSA) is 144 Å². The number of carbonyl (C=O) groups is 4. The van der Waals surface area contributed by atoms with Crippen LogP contribution in [-0.2, 0) is 30.7 Å². The minimum atomic E-state index is -1.13. The molecule has 0 saturated carbocycles. The molecule has 0 aliphatic rings. The summed E-state index contributed by atoms with van der Waals surface area (Å²) < 4.78 is -1.63. The lowest BCUT2D eigenvalue weighted by Crippen LogP contribution is -2.61. The Balaban J connectivity index is 2.05. The summed E-state index contributed by atoms with van der Waals surface area (Å²) in [5, 5.41) is 4.88. The fourth-order valence-corrected chi connectivity index (χ4v) is 5.57. The first kappa shape index (κ1) is 29.3. The number of rotatable bonds is 12. The zero-order valence-corrected chi connectivity index (χ0v) is 22.6. The molecule has 0 bridgehead atoms. The standard InChI is InChI=1S/C26H34N4O4S2/c1-25(2,35-15-17-11-7-5-8-12-17)19(21(27)31)29-23(33)24(34)30-20(22(28)32)26(3,4)36-16-18-13-9-6-10-14-18/h5-14,19-20H,15-16H2,1-4H3,(H2,27,31)(H2,28,32)(H,29,33)(H,30,34). The van der Waals surface area contributed by atoms with E-state index in [0.717, 1.165) is 11.1 Å². The van der Waals surface area contributed by atoms with Crippen LogP contribution in [0.15, 0.2) is 60.7 Å². The predicted molar refractivity (Wildman–Crippen MR) is 146 cm³/mol. The van der Waals surface area contributed by atoms with E-state index in [9.17, 15) is 19.2 Å². The van der Waals surface area contributed by atoms with Gasteiger partial charge in [-0.05, 0) is 38.8 Å². The minimum Gasteiger partial charge on any atom is -0.368 e. The number of hydrogen-bond acceptors (Lipinski definition) is 6. The average Bonchev–Trinajstić information content (AvgIpc) is 2.83. The van der Waals surface area contributed by atoms with Crippen LogP contribution in [0.5, 0.6) is 0 Å². The summed E-state index contributed by atoms with van der Waals surface area (Å²) in [7, 11) is 0. The lowest BCUT2D eigenvalue weighted by Gasteiger charge is -2.33. The quantitative estimate of drug-likeness (QED) is 0.310. The number of hydrogen-bond donors (Lipinski definition) is 4. The van der Waals surface area contributed by atoms with Crippen molar-refractivity contribution in [3.05, 3.63) is 71.8 Å². The van der Waals surface area contributed by atoms with Crippen LogP contribution < -0.4 is 22.1 Å². The van der Waals surface area contributed by atoms with Crippen LogP contribution in [0.2, 0.25) is 0 Å². The van der Waals surface area contributed by atoms with E-state index >= 15 is 0 Å². The van der Waals surface area contributed by atoms with Gasteiger partial charge in [0, 0.05) is 21.0 Å². The molecule has 2 aromatic carbocycles. The van der Waals surface area contributed by atoms with E-state index in [0.29, 0.717) is 11.5 Å². The Bertz CT molecular complexity index is 977. The molecule has 194 valence electrons. The highest BCUT2D eigenvalue weighted by molar-refractivity contribution is 8.00. The maximum Gasteiger partial charge on any atom is 0.310 e. The zero-order chi connectivity index (χ0) is 26.9. The summed E-state index contributed by atoms with van der Waals surface area (Å²) in [5.41, 5.74) is 13.2. The summed E-state index contributed by atoms with van der Waals surface area (Å²) >= 11 is 2.85. The Morgan fingerprint density at radius 1 is 0.667 bits per heavy atom. The second kappa shape index (κ2) is 12.8. The van der Waals surface area contributed by atoms with E-state index in [-0.39, 0.29) is 0 Å². The lowest BCUT2D eigenvalue weighted by atomic mass is 10.0. The molecular weight excluding hydrogens is 496 g/mol. The Hall–Kier alpha value is -2.98. The highest BCUT2D eigenvalue weighted by atomic mass is 32.2. The second-order valence-electron chi connectivity index (χ2n) is 9.37. The summed E-state index contributed by atoms with van der Waals surface area (Å²) in [4.78, 5) is 49.9. The summed E-state index contributed by atoms with van der Waals surface area (Å²) in [6.07, 6.45) is 0. The second-order valence-corrected chi connectivity index (χ2v) is 12.6. The van der Waals surface area contributed by atoms with Crippen LogP contribution in [0.3, 0.4) is 0 Å². The van der Waals surface area contributed by atoms with E-state index in [2.05, 4.69) is 10.6 Å². The number of nitrogens with one attached hydrogen (secondary N) is 2. The predicted octanol–water partition coefficient (Wildman–Crippen LogP) is 2.35. The van der Waals surface area contributed by atoms with Crippen molar-refractivity contribution in [2.75, 3.05) is 0 Å². The molecule has 8 nitrogen and oxygen atoms in total. The molecule has 0 aliphatic heterocycles. The molecule has 0 radical (unpaired) electrons. The van der Waals surface area contributed by atoms with Gasteiger partial charge in [-0.3, -0.25) is 19.2 Å². The van der Waals surface area contributed by atoms with Gasteiger partial charge in [0.25, 0.3) is 0 Å². The summed E-state index contributed by atoms with van der Waals surface area (Å²) in [5.74, 6) is -2.52. The molecule has 0 spiro atoms. The van der Waals surface area contributed by atoms with Gasteiger partial charge >= 0.3 is 11.8 Å². The zero-order valence-electron chi connectivity index (χ0n) is 20.9. The van der Waals surface area contributed by atoms with Crippen molar-refractivity contribution in [1.29, 1.82) is 0 Å². The summed E-state index contributed by atoms with van der Waals surface area (Å²) in [6, 6.07) is 17.0. The molecule has 2 aromatic rings. The Morgan fingerprint density at radius 2 is 0.972 bits per heavy atom. The maximum atomic E-state index is 12.7. The molecule has 36 heavy (non-hydrogen) atoms. The fraction of sp³-hybridized carbons (Fsp3) is 0.385. The first-order valence-electron chi connectivity index (χ1n) is 11.4. The van der Waals surface area contributed by atoms with Crippen LogP contribution in [0.1, 0.15) is 38.8 Å². The number of carbonyl (C=O) groups excluding carboxylic acids is 4. The highest BCUT2D eigenvalue weighted by Gasteiger charge is 2.40. The average molecular weight is 531 g/mol. The number of primary amides is 2. The number of amides is 4. The molecule has 10 heteroatoms. The van der Waals surface area contributed by atoms with Crippen LogP contribution >= 0.6 is 23.5 Å². The SMILES string of the molecule is CC(C)(SCc1ccccc1)C(NC(=O)C(=O)NC(C(N)=O)C(C)(C)SCc1ccccc1)C(N)=O. The van der Waals surface area contributed by atoms with Gasteiger partial charge in [0.05, 0.1) is 0 Å². The van der Waals surface area contributed by atoms with Gasteiger partial charge in [-0.25, -0.2) is 0 Å². The van der Waals surface area contributed by atoms with E-state index in [1.54, 1.807) is 27.7 Å².